The summed E-state index contributed by atoms with van der Waals surface area (Å²) in [5.41, 5.74) is 1.97. The van der Waals surface area contributed by atoms with Crippen LogP contribution in [0.2, 0.25) is 0 Å². The van der Waals surface area contributed by atoms with Gasteiger partial charge in [0.25, 0.3) is 0 Å². The third-order valence-electron chi connectivity index (χ3n) is 4.32. The van der Waals surface area contributed by atoms with Crippen LogP contribution < -0.4 is 9.47 Å². The van der Waals surface area contributed by atoms with Crippen LogP contribution >= 0.6 is 0 Å². The largest absolute Gasteiger partial charge is 0.493 e. The quantitative estimate of drug-likeness (QED) is 0.596. The minimum Gasteiger partial charge on any atom is -0.493 e. The number of likely N-dealkylation sites (N-methyl/N-ethyl adjacent to an activating group) is 1. The number of methoxy groups -OCH3 is 2. The van der Waals surface area contributed by atoms with Crippen molar-refractivity contribution in [2.24, 2.45) is 0 Å². The Morgan fingerprint density at radius 3 is 2.48 bits per heavy atom. The summed E-state index contributed by atoms with van der Waals surface area (Å²) >= 11 is 0. The van der Waals surface area contributed by atoms with E-state index in [1.165, 1.54) is 17.7 Å². The Balaban J connectivity index is 1.57. The summed E-state index contributed by atoms with van der Waals surface area (Å²) in [4.78, 5) is 6.46. The van der Waals surface area contributed by atoms with Gasteiger partial charge in [0.1, 0.15) is 5.82 Å². The van der Waals surface area contributed by atoms with Crippen LogP contribution in [0.5, 0.6) is 11.5 Å². The Kier molecular flexibility index (Phi) is 6.08. The first-order valence-corrected chi connectivity index (χ1v) is 8.69. The number of oxazole rings is 1. The van der Waals surface area contributed by atoms with Gasteiger partial charge in [-0.1, -0.05) is 6.07 Å². The SMILES string of the molecule is COc1ccc(CCN(C)Cc2ncc(-c3ccc(F)cc3)o2)cc1OC. The number of benzene rings is 2. The van der Waals surface area contributed by atoms with E-state index in [-0.39, 0.29) is 5.82 Å². The van der Waals surface area contributed by atoms with Gasteiger partial charge in [0.2, 0.25) is 5.89 Å². The maximum atomic E-state index is 13.0. The second kappa shape index (κ2) is 8.68. The van der Waals surface area contributed by atoms with Crippen LogP contribution in [0.3, 0.4) is 0 Å². The van der Waals surface area contributed by atoms with E-state index in [9.17, 15) is 4.39 Å². The molecule has 0 amide bonds. The molecule has 0 spiro atoms. The average Bonchev–Trinajstić information content (AvgIpc) is 3.15. The van der Waals surface area contributed by atoms with Crippen molar-refractivity contribution in [2.45, 2.75) is 13.0 Å². The molecule has 0 aliphatic carbocycles. The number of rotatable bonds is 8. The number of hydrogen-bond donors (Lipinski definition) is 0. The number of aromatic nitrogens is 1. The van der Waals surface area contributed by atoms with Crippen LogP contribution in [0.15, 0.2) is 53.1 Å². The maximum Gasteiger partial charge on any atom is 0.209 e. The molecule has 6 heteroatoms. The average molecular weight is 370 g/mol. The highest BCUT2D eigenvalue weighted by Crippen LogP contribution is 2.27. The van der Waals surface area contributed by atoms with Crippen molar-refractivity contribution in [3.8, 4) is 22.8 Å². The Morgan fingerprint density at radius 1 is 1.04 bits per heavy atom. The minimum absolute atomic E-state index is 0.270. The predicted octanol–water partition coefficient (Wildman–Crippen LogP) is 4.17. The number of nitrogens with zero attached hydrogens (tertiary/aromatic N) is 2. The molecule has 0 radical (unpaired) electrons. The molecule has 3 rings (SSSR count). The van der Waals surface area contributed by atoms with E-state index in [0.29, 0.717) is 18.2 Å². The van der Waals surface area contributed by atoms with E-state index in [0.717, 1.165) is 30.0 Å². The third-order valence-corrected chi connectivity index (χ3v) is 4.32. The van der Waals surface area contributed by atoms with Crippen LogP contribution in [-0.2, 0) is 13.0 Å². The summed E-state index contributed by atoms with van der Waals surface area (Å²) in [7, 11) is 5.28. The highest BCUT2D eigenvalue weighted by Gasteiger charge is 2.10. The van der Waals surface area contributed by atoms with Crippen LogP contribution in [0, 0.1) is 5.82 Å². The van der Waals surface area contributed by atoms with Gasteiger partial charge in [-0.25, -0.2) is 9.37 Å². The maximum absolute atomic E-state index is 13.0. The highest BCUT2D eigenvalue weighted by atomic mass is 19.1. The Bertz CT molecular complexity index is 877. The van der Waals surface area contributed by atoms with Gasteiger partial charge in [-0.3, -0.25) is 4.90 Å². The highest BCUT2D eigenvalue weighted by molar-refractivity contribution is 5.55. The molecule has 1 aromatic heterocycles. The number of halogens is 1. The lowest BCUT2D eigenvalue weighted by Crippen LogP contribution is -2.20. The first-order chi connectivity index (χ1) is 13.1. The molecule has 0 aliphatic heterocycles. The summed E-state index contributed by atoms with van der Waals surface area (Å²) in [6.07, 6.45) is 2.53. The molecule has 0 N–H and O–H groups in total. The van der Waals surface area contributed by atoms with Gasteiger partial charge in [-0.05, 0) is 55.4 Å². The normalized spacial score (nSPS) is 11.0. The topological polar surface area (TPSA) is 47.7 Å². The molecule has 0 aliphatic rings. The van der Waals surface area contributed by atoms with Crippen molar-refractivity contribution in [1.29, 1.82) is 0 Å². The molecule has 0 saturated heterocycles. The molecular weight excluding hydrogens is 347 g/mol. The zero-order valence-corrected chi connectivity index (χ0v) is 15.7. The zero-order chi connectivity index (χ0) is 19.2. The fraction of sp³-hybridized carbons (Fsp3) is 0.286. The van der Waals surface area contributed by atoms with Crippen LogP contribution in [0.25, 0.3) is 11.3 Å². The predicted molar refractivity (Wildman–Crippen MR) is 101 cm³/mol. The van der Waals surface area contributed by atoms with Crippen LogP contribution in [0.4, 0.5) is 4.39 Å². The lowest BCUT2D eigenvalue weighted by atomic mass is 10.1. The lowest BCUT2D eigenvalue weighted by Gasteiger charge is -2.15. The molecule has 0 fully saturated rings. The van der Waals surface area contributed by atoms with Crippen molar-refractivity contribution < 1.29 is 18.3 Å². The van der Waals surface area contributed by atoms with Gasteiger partial charge in [-0.15, -0.1) is 0 Å². The summed E-state index contributed by atoms with van der Waals surface area (Å²) < 4.78 is 29.4. The van der Waals surface area contributed by atoms with Crippen molar-refractivity contribution in [1.82, 2.24) is 9.88 Å². The Labute approximate surface area is 158 Å². The number of hydrogen-bond acceptors (Lipinski definition) is 5. The molecule has 3 aromatic rings. The van der Waals surface area contributed by atoms with Gasteiger partial charge in [-0.2, -0.15) is 0 Å². The van der Waals surface area contributed by atoms with E-state index >= 15 is 0 Å². The molecule has 27 heavy (non-hydrogen) atoms. The monoisotopic (exact) mass is 370 g/mol. The molecule has 5 nitrogen and oxygen atoms in total. The first-order valence-electron chi connectivity index (χ1n) is 8.69. The van der Waals surface area contributed by atoms with Crippen LogP contribution in [-0.4, -0.2) is 37.7 Å². The molecule has 0 saturated carbocycles. The first kappa shape index (κ1) is 18.9. The van der Waals surface area contributed by atoms with Crippen molar-refractivity contribution in [3.63, 3.8) is 0 Å². The molecule has 1 heterocycles. The molecule has 142 valence electrons. The summed E-state index contributed by atoms with van der Waals surface area (Å²) in [5, 5.41) is 0. The van der Waals surface area contributed by atoms with E-state index < -0.39 is 0 Å². The van der Waals surface area contributed by atoms with E-state index in [1.807, 2.05) is 25.2 Å². The van der Waals surface area contributed by atoms with E-state index in [1.54, 1.807) is 32.5 Å². The molecule has 0 bridgehead atoms. The third kappa shape index (κ3) is 4.86. The van der Waals surface area contributed by atoms with Crippen molar-refractivity contribution in [2.75, 3.05) is 27.8 Å². The Morgan fingerprint density at radius 2 is 1.78 bits per heavy atom. The molecule has 0 atom stereocenters. The van der Waals surface area contributed by atoms with E-state index in [4.69, 9.17) is 13.9 Å². The smallest absolute Gasteiger partial charge is 0.209 e. The standard InChI is InChI=1S/C21H23FN2O3/c1-24(11-10-15-4-9-18(25-2)19(12-15)26-3)14-21-23-13-20(27-21)16-5-7-17(22)8-6-16/h4-9,12-13H,10-11,14H2,1-3H3. The van der Waals surface area contributed by atoms with Gasteiger partial charge in [0, 0.05) is 12.1 Å². The second-order valence-corrected chi connectivity index (χ2v) is 6.30. The summed E-state index contributed by atoms with van der Waals surface area (Å²) in [5.74, 6) is 2.45. The fourth-order valence-electron chi connectivity index (χ4n) is 2.80. The minimum atomic E-state index is -0.270. The van der Waals surface area contributed by atoms with Crippen molar-refractivity contribution in [3.05, 3.63) is 65.9 Å². The van der Waals surface area contributed by atoms with Gasteiger partial charge in [0.05, 0.1) is 27.0 Å². The summed E-state index contributed by atoms with van der Waals surface area (Å²) in [6.45, 7) is 1.43. The number of ether oxygens (including phenoxy) is 2. The second-order valence-electron chi connectivity index (χ2n) is 6.30. The molecule has 2 aromatic carbocycles. The zero-order valence-electron chi connectivity index (χ0n) is 15.7. The molecular formula is C21H23FN2O3. The molecule has 0 unspecified atom stereocenters. The van der Waals surface area contributed by atoms with E-state index in [2.05, 4.69) is 9.88 Å². The van der Waals surface area contributed by atoms with Gasteiger partial charge in [0.15, 0.2) is 17.3 Å². The fourth-order valence-corrected chi connectivity index (χ4v) is 2.80. The summed E-state index contributed by atoms with van der Waals surface area (Å²) in [6, 6.07) is 12.1. The van der Waals surface area contributed by atoms with Gasteiger partial charge < -0.3 is 13.9 Å². The van der Waals surface area contributed by atoms with Crippen molar-refractivity contribution >= 4 is 0 Å². The lowest BCUT2D eigenvalue weighted by molar-refractivity contribution is 0.293. The van der Waals surface area contributed by atoms with Crippen LogP contribution in [0.1, 0.15) is 11.5 Å². The Hall–Kier alpha value is -2.86. The van der Waals surface area contributed by atoms with Gasteiger partial charge >= 0.3 is 0 Å².